The van der Waals surface area contributed by atoms with E-state index in [1.807, 2.05) is 0 Å². The lowest BCUT2D eigenvalue weighted by Crippen LogP contribution is -2.36. The van der Waals surface area contributed by atoms with Crippen LogP contribution in [0, 0.1) is 0 Å². The SMILES string of the molecule is NS(=O)(=O)c1ccc2c(c1)CN(S(=O)(=O)c1cccc(C(=O)O)c1)CC2. The monoisotopic (exact) mass is 396 g/mol. The van der Waals surface area contributed by atoms with Crippen molar-refractivity contribution in [3.8, 4) is 0 Å². The van der Waals surface area contributed by atoms with Crippen molar-refractivity contribution in [1.29, 1.82) is 0 Å². The maximum absolute atomic E-state index is 12.8. The molecule has 138 valence electrons. The summed E-state index contributed by atoms with van der Waals surface area (Å²) in [6.07, 6.45) is 0.415. The number of carbonyl (C=O) groups is 1. The Morgan fingerprint density at radius 2 is 1.73 bits per heavy atom. The molecule has 1 aliphatic heterocycles. The molecule has 0 fully saturated rings. The standard InChI is InChI=1S/C16H16N2O6S2/c17-25(21,22)14-5-4-11-6-7-18(10-13(11)9-14)26(23,24)15-3-1-2-12(8-15)16(19)20/h1-5,8-9H,6-7,10H2,(H,19,20)(H2,17,21,22). The minimum atomic E-state index is -3.92. The number of aromatic carboxylic acids is 1. The molecule has 0 aliphatic carbocycles. The number of nitrogens with two attached hydrogens (primary N) is 1. The third-order valence-corrected chi connectivity index (χ3v) is 6.95. The first kappa shape index (κ1) is 18.5. The van der Waals surface area contributed by atoms with Gasteiger partial charge in [0.05, 0.1) is 15.4 Å². The molecule has 2 aromatic carbocycles. The number of hydrogen-bond donors (Lipinski definition) is 2. The highest BCUT2D eigenvalue weighted by molar-refractivity contribution is 7.89. The van der Waals surface area contributed by atoms with E-state index < -0.39 is 26.0 Å². The molecule has 3 rings (SSSR count). The molecule has 0 radical (unpaired) electrons. The molecule has 1 aliphatic rings. The number of carboxylic acids is 1. The average Bonchev–Trinajstić information content (AvgIpc) is 2.60. The molecule has 1 heterocycles. The maximum Gasteiger partial charge on any atom is 0.335 e. The zero-order chi connectivity index (χ0) is 19.1. The third kappa shape index (κ3) is 3.49. The molecule has 0 aromatic heterocycles. The Morgan fingerprint density at radius 1 is 1.00 bits per heavy atom. The molecule has 2 aromatic rings. The smallest absolute Gasteiger partial charge is 0.335 e. The predicted molar refractivity (Wildman–Crippen MR) is 92.5 cm³/mol. The van der Waals surface area contributed by atoms with E-state index in [0.717, 1.165) is 11.6 Å². The van der Waals surface area contributed by atoms with Gasteiger partial charge < -0.3 is 5.11 Å². The molecule has 0 spiro atoms. The van der Waals surface area contributed by atoms with Gasteiger partial charge in [0.1, 0.15) is 0 Å². The third-order valence-electron chi connectivity index (χ3n) is 4.20. The van der Waals surface area contributed by atoms with Gasteiger partial charge in [0.15, 0.2) is 0 Å². The molecule has 0 saturated heterocycles. The lowest BCUT2D eigenvalue weighted by molar-refractivity contribution is 0.0696. The summed E-state index contributed by atoms with van der Waals surface area (Å²) in [5.74, 6) is -1.22. The molecule has 10 heteroatoms. The Balaban J connectivity index is 1.97. The highest BCUT2D eigenvalue weighted by atomic mass is 32.2. The van der Waals surface area contributed by atoms with Crippen LogP contribution in [0.2, 0.25) is 0 Å². The molecule has 8 nitrogen and oxygen atoms in total. The fourth-order valence-electron chi connectivity index (χ4n) is 2.83. The summed E-state index contributed by atoms with van der Waals surface area (Å²) >= 11 is 0. The molecule has 0 unspecified atom stereocenters. The van der Waals surface area contributed by atoms with Crippen LogP contribution < -0.4 is 5.14 Å². The Labute approximate surface area is 151 Å². The van der Waals surface area contributed by atoms with Crippen LogP contribution in [0.1, 0.15) is 21.5 Å². The van der Waals surface area contributed by atoms with Gasteiger partial charge in [0.2, 0.25) is 20.0 Å². The van der Waals surface area contributed by atoms with Gasteiger partial charge >= 0.3 is 5.97 Å². The minimum absolute atomic E-state index is 0.0155. The Morgan fingerprint density at radius 3 is 2.38 bits per heavy atom. The summed E-state index contributed by atoms with van der Waals surface area (Å²) in [6.45, 7) is 0.194. The Kier molecular flexibility index (Phi) is 4.61. The second kappa shape index (κ2) is 6.47. The first-order valence-corrected chi connectivity index (χ1v) is 10.6. The van der Waals surface area contributed by atoms with Gasteiger partial charge in [-0.05, 0) is 47.9 Å². The second-order valence-corrected chi connectivity index (χ2v) is 9.40. The van der Waals surface area contributed by atoms with Gasteiger partial charge in [-0.15, -0.1) is 0 Å². The van der Waals surface area contributed by atoms with Crippen molar-refractivity contribution in [2.24, 2.45) is 5.14 Å². The van der Waals surface area contributed by atoms with Crippen LogP contribution in [0.4, 0.5) is 0 Å². The zero-order valence-corrected chi connectivity index (χ0v) is 15.1. The van der Waals surface area contributed by atoms with E-state index in [4.69, 9.17) is 10.2 Å². The van der Waals surface area contributed by atoms with E-state index in [-0.39, 0.29) is 28.4 Å². The fraction of sp³-hybridized carbons (Fsp3) is 0.188. The quantitative estimate of drug-likeness (QED) is 0.784. The molecule has 0 saturated carbocycles. The largest absolute Gasteiger partial charge is 0.478 e. The van der Waals surface area contributed by atoms with E-state index in [0.29, 0.717) is 12.0 Å². The van der Waals surface area contributed by atoms with E-state index in [9.17, 15) is 21.6 Å². The number of carboxylic acid groups (broad SMARTS) is 1. The number of rotatable bonds is 4. The van der Waals surface area contributed by atoms with E-state index in [2.05, 4.69) is 0 Å². The summed E-state index contributed by atoms with van der Waals surface area (Å²) in [5, 5.41) is 14.2. The summed E-state index contributed by atoms with van der Waals surface area (Å²) in [6, 6.07) is 9.52. The Hall–Kier alpha value is -2.27. The topological polar surface area (TPSA) is 135 Å². The van der Waals surface area contributed by atoms with Gasteiger partial charge in [0.25, 0.3) is 0 Å². The lowest BCUT2D eigenvalue weighted by Gasteiger charge is -2.28. The first-order chi connectivity index (χ1) is 12.1. The number of fused-ring (bicyclic) bond motifs is 1. The van der Waals surface area contributed by atoms with E-state index >= 15 is 0 Å². The van der Waals surface area contributed by atoms with Crippen molar-refractivity contribution in [3.63, 3.8) is 0 Å². The molecule has 0 atom stereocenters. The fourth-order valence-corrected chi connectivity index (χ4v) is 4.86. The van der Waals surface area contributed by atoms with Crippen LogP contribution in [0.15, 0.2) is 52.3 Å². The van der Waals surface area contributed by atoms with E-state index in [1.54, 1.807) is 6.07 Å². The van der Waals surface area contributed by atoms with Crippen LogP contribution in [0.5, 0.6) is 0 Å². The summed E-state index contributed by atoms with van der Waals surface area (Å²) < 4.78 is 49.9. The summed E-state index contributed by atoms with van der Waals surface area (Å²) in [5.41, 5.74) is 1.28. The number of sulfonamides is 2. The molecular formula is C16H16N2O6S2. The molecule has 0 amide bonds. The highest BCUT2D eigenvalue weighted by Crippen LogP contribution is 2.27. The number of hydrogen-bond acceptors (Lipinski definition) is 5. The van der Waals surface area contributed by atoms with Crippen molar-refractivity contribution >= 4 is 26.0 Å². The lowest BCUT2D eigenvalue weighted by atomic mass is 10.0. The first-order valence-electron chi connectivity index (χ1n) is 7.57. The van der Waals surface area contributed by atoms with Gasteiger partial charge in [-0.3, -0.25) is 0 Å². The molecule has 26 heavy (non-hydrogen) atoms. The summed E-state index contributed by atoms with van der Waals surface area (Å²) in [4.78, 5) is 10.9. The highest BCUT2D eigenvalue weighted by Gasteiger charge is 2.29. The van der Waals surface area contributed by atoms with Gasteiger partial charge in [-0.1, -0.05) is 12.1 Å². The number of nitrogens with zero attached hydrogens (tertiary/aromatic N) is 1. The molecule has 3 N–H and O–H groups in total. The van der Waals surface area contributed by atoms with Gasteiger partial charge in [0, 0.05) is 13.1 Å². The van der Waals surface area contributed by atoms with Crippen molar-refractivity contribution in [1.82, 2.24) is 4.31 Å². The molecular weight excluding hydrogens is 380 g/mol. The van der Waals surface area contributed by atoms with Crippen LogP contribution in [0.3, 0.4) is 0 Å². The van der Waals surface area contributed by atoms with Gasteiger partial charge in [-0.25, -0.2) is 26.8 Å². The van der Waals surface area contributed by atoms with Crippen molar-refractivity contribution in [2.45, 2.75) is 22.8 Å². The van der Waals surface area contributed by atoms with Crippen LogP contribution >= 0.6 is 0 Å². The van der Waals surface area contributed by atoms with E-state index in [1.165, 1.54) is 34.6 Å². The van der Waals surface area contributed by atoms with Crippen LogP contribution in [-0.2, 0) is 33.0 Å². The molecule has 0 bridgehead atoms. The van der Waals surface area contributed by atoms with Crippen molar-refractivity contribution in [2.75, 3.05) is 6.54 Å². The minimum Gasteiger partial charge on any atom is -0.478 e. The zero-order valence-electron chi connectivity index (χ0n) is 13.5. The number of primary sulfonamides is 1. The predicted octanol–water partition coefficient (Wildman–Crippen LogP) is 0.779. The van der Waals surface area contributed by atoms with Crippen molar-refractivity contribution < 1.29 is 26.7 Å². The van der Waals surface area contributed by atoms with Crippen LogP contribution in [0.25, 0.3) is 0 Å². The van der Waals surface area contributed by atoms with Crippen LogP contribution in [-0.4, -0.2) is 38.8 Å². The second-order valence-electron chi connectivity index (χ2n) is 5.90. The summed E-state index contributed by atoms with van der Waals surface area (Å²) in [7, 11) is -7.81. The number of benzene rings is 2. The van der Waals surface area contributed by atoms with Crippen molar-refractivity contribution in [3.05, 3.63) is 59.2 Å². The maximum atomic E-state index is 12.8. The Bertz CT molecular complexity index is 1090. The van der Waals surface area contributed by atoms with Gasteiger partial charge in [-0.2, -0.15) is 4.31 Å². The average molecular weight is 396 g/mol. The normalized spacial score (nSPS) is 15.4.